The van der Waals surface area contributed by atoms with Crippen LogP contribution in [-0.2, 0) is 0 Å². The van der Waals surface area contributed by atoms with E-state index in [0.29, 0.717) is 28.8 Å². The molecule has 2 rings (SSSR count). The molecule has 1 aliphatic carbocycles. The van der Waals surface area contributed by atoms with Gasteiger partial charge in [-0.25, -0.2) is 4.79 Å². The van der Waals surface area contributed by atoms with Crippen LogP contribution in [0.5, 0.6) is 0 Å². The van der Waals surface area contributed by atoms with Crippen molar-refractivity contribution in [1.82, 2.24) is 5.32 Å². The van der Waals surface area contributed by atoms with E-state index in [1.807, 2.05) is 0 Å². The molecule has 2 atom stereocenters. The molecule has 0 heterocycles. The summed E-state index contributed by atoms with van der Waals surface area (Å²) >= 11 is 0.431. The highest BCUT2D eigenvalue weighted by Crippen LogP contribution is 2.27. The lowest BCUT2D eigenvalue weighted by molar-refractivity contribution is 0.0955. The second kappa shape index (κ2) is 7.61. The monoisotopic (exact) mass is 316 g/mol. The predicted octanol–water partition coefficient (Wildman–Crippen LogP) is 3.43. The highest BCUT2D eigenvalue weighted by Gasteiger charge is 2.24. The predicted molar refractivity (Wildman–Crippen MR) is 78.7 cm³/mol. The van der Waals surface area contributed by atoms with E-state index in [4.69, 9.17) is 0 Å². The fraction of sp³-hybridized carbons (Fsp3) is 0.500. The van der Waals surface area contributed by atoms with Gasteiger partial charge < -0.3 is 15.7 Å². The van der Waals surface area contributed by atoms with Crippen LogP contribution in [-0.4, -0.2) is 29.0 Å². The molecular formula is C14H18F2N2O2S. The summed E-state index contributed by atoms with van der Waals surface area (Å²) in [6.07, 6.45) is 2.85. The van der Waals surface area contributed by atoms with Gasteiger partial charge in [-0.1, -0.05) is 30.7 Å². The Bertz CT molecular complexity index is 488. The zero-order valence-electron chi connectivity index (χ0n) is 11.4. The third-order valence-electron chi connectivity index (χ3n) is 3.36. The van der Waals surface area contributed by atoms with Crippen LogP contribution in [0.15, 0.2) is 29.2 Å². The van der Waals surface area contributed by atoms with Crippen molar-refractivity contribution in [3.8, 4) is 0 Å². The number of aliphatic hydroxyl groups excluding tert-OH is 1. The summed E-state index contributed by atoms with van der Waals surface area (Å²) in [6.45, 7) is 0. The maximum atomic E-state index is 12.3. The van der Waals surface area contributed by atoms with E-state index < -0.39 is 17.9 Å². The molecule has 1 saturated carbocycles. The number of alkyl halides is 2. The third kappa shape index (κ3) is 5.17. The van der Waals surface area contributed by atoms with Gasteiger partial charge in [0.15, 0.2) is 0 Å². The summed E-state index contributed by atoms with van der Waals surface area (Å²) in [5, 5.41) is 15.1. The minimum atomic E-state index is -2.49. The minimum absolute atomic E-state index is 0.252. The Labute approximate surface area is 126 Å². The van der Waals surface area contributed by atoms with Crippen molar-refractivity contribution in [2.24, 2.45) is 0 Å². The molecule has 0 radical (unpaired) electrons. The van der Waals surface area contributed by atoms with Crippen molar-refractivity contribution in [3.05, 3.63) is 24.3 Å². The van der Waals surface area contributed by atoms with Gasteiger partial charge in [0.1, 0.15) is 0 Å². The number of nitrogens with one attached hydrogen (secondary N) is 2. The number of thioether (sulfide) groups is 1. The molecule has 1 aliphatic rings. The molecule has 0 saturated heterocycles. The summed E-state index contributed by atoms with van der Waals surface area (Å²) < 4.78 is 24.6. The fourth-order valence-corrected chi connectivity index (χ4v) is 2.92. The SMILES string of the molecule is O=C(Nc1cccc(SC(F)F)c1)NC1CCCCC1O. The molecule has 1 fully saturated rings. The number of benzene rings is 1. The van der Waals surface area contributed by atoms with Crippen LogP contribution in [0.2, 0.25) is 0 Å². The number of anilines is 1. The highest BCUT2D eigenvalue weighted by molar-refractivity contribution is 7.99. The second-order valence-corrected chi connectivity index (χ2v) is 6.03. The molecule has 21 heavy (non-hydrogen) atoms. The Morgan fingerprint density at radius 3 is 2.81 bits per heavy atom. The van der Waals surface area contributed by atoms with Crippen molar-refractivity contribution in [3.63, 3.8) is 0 Å². The molecule has 1 aromatic carbocycles. The number of hydrogen-bond donors (Lipinski definition) is 3. The quantitative estimate of drug-likeness (QED) is 0.746. The number of hydrogen-bond acceptors (Lipinski definition) is 3. The first-order chi connectivity index (χ1) is 10.0. The molecule has 7 heteroatoms. The third-order valence-corrected chi connectivity index (χ3v) is 4.07. The number of rotatable bonds is 4. The van der Waals surface area contributed by atoms with Crippen LogP contribution in [0, 0.1) is 0 Å². The Morgan fingerprint density at radius 2 is 2.10 bits per heavy atom. The molecule has 116 valence electrons. The maximum absolute atomic E-state index is 12.3. The van der Waals surface area contributed by atoms with E-state index in [9.17, 15) is 18.7 Å². The van der Waals surface area contributed by atoms with Gasteiger partial charge in [-0.15, -0.1) is 0 Å². The molecule has 3 N–H and O–H groups in total. The van der Waals surface area contributed by atoms with Crippen molar-refractivity contribution in [2.75, 3.05) is 5.32 Å². The first-order valence-electron chi connectivity index (χ1n) is 6.85. The maximum Gasteiger partial charge on any atom is 0.319 e. The van der Waals surface area contributed by atoms with E-state index >= 15 is 0 Å². The van der Waals surface area contributed by atoms with Crippen molar-refractivity contribution < 1.29 is 18.7 Å². The van der Waals surface area contributed by atoms with Crippen LogP contribution in [0.25, 0.3) is 0 Å². The van der Waals surface area contributed by atoms with Gasteiger partial charge in [-0.3, -0.25) is 0 Å². The average Bonchev–Trinajstić information content (AvgIpc) is 2.41. The highest BCUT2D eigenvalue weighted by atomic mass is 32.2. The summed E-state index contributed by atoms with van der Waals surface area (Å²) in [5.74, 6) is -2.49. The first-order valence-corrected chi connectivity index (χ1v) is 7.73. The molecule has 2 amide bonds. The molecule has 1 aromatic rings. The van der Waals surface area contributed by atoms with E-state index in [2.05, 4.69) is 10.6 Å². The van der Waals surface area contributed by atoms with Crippen molar-refractivity contribution >= 4 is 23.5 Å². The molecular weight excluding hydrogens is 298 g/mol. The first kappa shape index (κ1) is 16.0. The van der Waals surface area contributed by atoms with Gasteiger partial charge in [0.05, 0.1) is 12.1 Å². The summed E-state index contributed by atoms with van der Waals surface area (Å²) in [6, 6.07) is 5.61. The minimum Gasteiger partial charge on any atom is -0.391 e. The Morgan fingerprint density at radius 1 is 1.33 bits per heavy atom. The number of amides is 2. The van der Waals surface area contributed by atoms with E-state index in [-0.39, 0.29) is 6.04 Å². The topological polar surface area (TPSA) is 61.4 Å². The summed E-state index contributed by atoms with van der Waals surface area (Å²) in [7, 11) is 0. The zero-order chi connectivity index (χ0) is 15.2. The van der Waals surface area contributed by atoms with Crippen molar-refractivity contribution in [1.29, 1.82) is 0 Å². The molecule has 0 spiro atoms. The standard InChI is InChI=1S/C14H18F2N2O2S/c15-13(16)21-10-5-3-4-9(8-10)17-14(20)18-11-6-1-2-7-12(11)19/h3-5,8,11-13,19H,1-2,6-7H2,(H2,17,18,20). The van der Waals surface area contributed by atoms with Gasteiger partial charge in [-0.2, -0.15) is 8.78 Å². The van der Waals surface area contributed by atoms with Crippen molar-refractivity contribution in [2.45, 2.75) is 48.5 Å². The van der Waals surface area contributed by atoms with Gasteiger partial charge in [-0.05, 0) is 31.0 Å². The van der Waals surface area contributed by atoms with Gasteiger partial charge in [0.2, 0.25) is 0 Å². The second-order valence-electron chi connectivity index (χ2n) is 4.96. The Kier molecular flexibility index (Phi) is 5.81. The number of carbonyl (C=O) groups excluding carboxylic acids is 1. The van der Waals surface area contributed by atoms with Crippen LogP contribution in [0.1, 0.15) is 25.7 Å². The number of urea groups is 1. The van der Waals surface area contributed by atoms with Gasteiger partial charge >= 0.3 is 6.03 Å². The fourth-order valence-electron chi connectivity index (χ4n) is 2.37. The van der Waals surface area contributed by atoms with Crippen LogP contribution >= 0.6 is 11.8 Å². The van der Waals surface area contributed by atoms with E-state index in [1.54, 1.807) is 18.2 Å². The molecule has 2 unspecified atom stereocenters. The lowest BCUT2D eigenvalue weighted by atomic mass is 9.93. The molecule has 4 nitrogen and oxygen atoms in total. The average molecular weight is 316 g/mol. The summed E-state index contributed by atoms with van der Waals surface area (Å²) in [4.78, 5) is 12.3. The van der Waals surface area contributed by atoms with Gasteiger partial charge in [0.25, 0.3) is 5.76 Å². The molecule has 0 aliphatic heterocycles. The number of carbonyl (C=O) groups is 1. The lowest BCUT2D eigenvalue weighted by Gasteiger charge is -2.28. The normalized spacial score (nSPS) is 22.1. The van der Waals surface area contributed by atoms with Crippen LogP contribution in [0.3, 0.4) is 0 Å². The molecule has 0 aromatic heterocycles. The van der Waals surface area contributed by atoms with Gasteiger partial charge in [0, 0.05) is 10.6 Å². The number of halogens is 2. The number of aliphatic hydroxyl groups is 1. The Hall–Kier alpha value is -1.34. The molecule has 0 bridgehead atoms. The Balaban J connectivity index is 1.90. The summed E-state index contributed by atoms with van der Waals surface area (Å²) in [5.41, 5.74) is 0.448. The largest absolute Gasteiger partial charge is 0.391 e. The lowest BCUT2D eigenvalue weighted by Crippen LogP contribution is -2.46. The smallest absolute Gasteiger partial charge is 0.319 e. The van der Waals surface area contributed by atoms with E-state index in [1.165, 1.54) is 6.07 Å². The zero-order valence-corrected chi connectivity index (χ0v) is 12.2. The van der Waals surface area contributed by atoms with E-state index in [0.717, 1.165) is 19.3 Å². The van der Waals surface area contributed by atoms with Crippen LogP contribution in [0.4, 0.5) is 19.3 Å². The van der Waals surface area contributed by atoms with Crippen LogP contribution < -0.4 is 10.6 Å².